The van der Waals surface area contributed by atoms with E-state index in [0.29, 0.717) is 22.7 Å². The number of para-hydroxylation sites is 1. The quantitative estimate of drug-likeness (QED) is 0.566. The fraction of sp³-hybridized carbons (Fsp3) is 0.235. The van der Waals surface area contributed by atoms with Crippen LogP contribution in [0.4, 0.5) is 5.82 Å². The first kappa shape index (κ1) is 16.0. The molecule has 0 aliphatic rings. The summed E-state index contributed by atoms with van der Waals surface area (Å²) in [7, 11) is 0. The number of nitrogens with two attached hydrogens (primary N) is 1. The molecule has 0 saturated carbocycles. The van der Waals surface area contributed by atoms with Gasteiger partial charge < -0.3 is 10.5 Å². The maximum Gasteiger partial charge on any atom is 0.207 e. The zero-order chi connectivity index (χ0) is 18.1. The molecule has 0 aliphatic carbocycles. The van der Waals surface area contributed by atoms with Crippen molar-refractivity contribution in [2.75, 3.05) is 5.73 Å². The molecule has 0 bridgehead atoms. The number of pyridine rings is 1. The minimum Gasteiger partial charge on any atom is -0.485 e. The van der Waals surface area contributed by atoms with Crippen molar-refractivity contribution in [3.8, 4) is 11.4 Å². The number of nitrogens with zero attached hydrogens (tertiary/aromatic N) is 6. The van der Waals surface area contributed by atoms with E-state index < -0.39 is 0 Å². The number of hydrogen-bond acceptors (Lipinski definition) is 7. The van der Waals surface area contributed by atoms with Crippen LogP contribution in [0.1, 0.15) is 31.2 Å². The van der Waals surface area contributed by atoms with E-state index in [-0.39, 0.29) is 12.5 Å². The first-order valence-corrected chi connectivity index (χ1v) is 8.23. The summed E-state index contributed by atoms with van der Waals surface area (Å²) in [6.07, 6.45) is 0. The number of hydrogen-bond donors (Lipinski definition) is 2. The van der Waals surface area contributed by atoms with E-state index in [4.69, 9.17) is 10.5 Å². The summed E-state index contributed by atoms with van der Waals surface area (Å²) < 4.78 is 7.77. The van der Waals surface area contributed by atoms with Gasteiger partial charge in [-0.05, 0) is 18.1 Å². The minimum atomic E-state index is 0.221. The van der Waals surface area contributed by atoms with Crippen molar-refractivity contribution in [2.45, 2.75) is 26.4 Å². The molecule has 3 heterocycles. The number of anilines is 1. The molecule has 4 aromatic rings. The van der Waals surface area contributed by atoms with Crippen LogP contribution in [0.5, 0.6) is 5.75 Å². The molecule has 0 fully saturated rings. The summed E-state index contributed by atoms with van der Waals surface area (Å²) in [5, 5.41) is 19.2. The molecule has 0 spiro atoms. The number of H-pyrrole nitrogens is 1. The Morgan fingerprint density at radius 2 is 2.00 bits per heavy atom. The van der Waals surface area contributed by atoms with Gasteiger partial charge in [0.1, 0.15) is 18.1 Å². The zero-order valence-corrected chi connectivity index (χ0v) is 14.4. The number of ether oxygens (including phenoxy) is 1. The maximum absolute atomic E-state index is 5.93. The highest BCUT2D eigenvalue weighted by atomic mass is 16.5. The van der Waals surface area contributed by atoms with Gasteiger partial charge in [-0.3, -0.25) is 0 Å². The zero-order valence-electron chi connectivity index (χ0n) is 14.4. The van der Waals surface area contributed by atoms with Gasteiger partial charge in [0.15, 0.2) is 11.3 Å². The second-order valence-corrected chi connectivity index (χ2v) is 6.15. The lowest BCUT2D eigenvalue weighted by Crippen LogP contribution is -2.07. The summed E-state index contributed by atoms with van der Waals surface area (Å²) in [6.45, 7) is 4.44. The standard InChI is InChI=1S/C17H18N8O/c1-10(2)16-12(20-24-25(16)11-6-4-3-5-7-11)9-26-13-8-14(18)19-17-15(13)21-23-22-17/h3-8,10H,9H2,1-2H3,(H3,18,19,21,22,23). The molecule has 3 aromatic heterocycles. The average molecular weight is 350 g/mol. The largest absolute Gasteiger partial charge is 0.485 e. The molecule has 132 valence electrons. The average Bonchev–Trinajstić information content (AvgIpc) is 3.27. The van der Waals surface area contributed by atoms with Crippen molar-refractivity contribution in [1.82, 2.24) is 35.4 Å². The summed E-state index contributed by atoms with van der Waals surface area (Å²) in [5.74, 6) is 1.04. The maximum atomic E-state index is 5.93. The van der Waals surface area contributed by atoms with Gasteiger partial charge in [-0.15, -0.1) is 10.2 Å². The molecule has 0 atom stereocenters. The molecule has 9 heteroatoms. The lowest BCUT2D eigenvalue weighted by Gasteiger charge is -2.12. The van der Waals surface area contributed by atoms with Gasteiger partial charge >= 0.3 is 0 Å². The molecule has 3 N–H and O–H groups in total. The van der Waals surface area contributed by atoms with Crippen LogP contribution in [0.15, 0.2) is 36.4 Å². The third kappa shape index (κ3) is 2.83. The Hall–Kier alpha value is -3.49. The molecule has 0 unspecified atom stereocenters. The number of nitrogens with one attached hydrogen (secondary N) is 1. The van der Waals surface area contributed by atoms with Gasteiger partial charge in [-0.2, -0.15) is 10.3 Å². The second-order valence-electron chi connectivity index (χ2n) is 6.15. The Labute approximate surface area is 149 Å². The normalized spacial score (nSPS) is 11.3. The lowest BCUT2D eigenvalue weighted by molar-refractivity contribution is 0.302. The molecule has 9 nitrogen and oxygen atoms in total. The molecular weight excluding hydrogens is 332 g/mol. The van der Waals surface area contributed by atoms with Gasteiger partial charge in [0.05, 0.1) is 11.4 Å². The van der Waals surface area contributed by atoms with E-state index in [1.54, 1.807) is 6.07 Å². The van der Waals surface area contributed by atoms with Gasteiger partial charge in [0.2, 0.25) is 5.65 Å². The Kier molecular flexibility index (Phi) is 3.96. The van der Waals surface area contributed by atoms with Gasteiger partial charge in [-0.25, -0.2) is 9.67 Å². The predicted octanol–water partition coefficient (Wildman–Crippen LogP) is 2.22. The van der Waals surface area contributed by atoms with Crippen molar-refractivity contribution < 1.29 is 4.74 Å². The lowest BCUT2D eigenvalue weighted by atomic mass is 10.1. The molecule has 1 aromatic carbocycles. The molecule has 0 aliphatic heterocycles. The number of aromatic nitrogens is 7. The van der Waals surface area contributed by atoms with Crippen LogP contribution < -0.4 is 10.5 Å². The van der Waals surface area contributed by atoms with Crippen LogP contribution in [0, 0.1) is 0 Å². The van der Waals surface area contributed by atoms with Crippen LogP contribution in [0.3, 0.4) is 0 Å². The summed E-state index contributed by atoms with van der Waals surface area (Å²) in [5.41, 5.74) is 9.46. The van der Waals surface area contributed by atoms with Crippen LogP contribution >= 0.6 is 0 Å². The summed E-state index contributed by atoms with van der Waals surface area (Å²) in [6, 6.07) is 11.5. The fourth-order valence-electron chi connectivity index (χ4n) is 2.84. The van der Waals surface area contributed by atoms with Crippen LogP contribution in [-0.4, -0.2) is 35.4 Å². The number of fused-ring (bicyclic) bond motifs is 1. The van der Waals surface area contributed by atoms with Crippen molar-refractivity contribution in [2.24, 2.45) is 0 Å². The molecular formula is C17H18N8O. The van der Waals surface area contributed by atoms with E-state index in [9.17, 15) is 0 Å². The van der Waals surface area contributed by atoms with Crippen LogP contribution in [-0.2, 0) is 6.61 Å². The molecule has 26 heavy (non-hydrogen) atoms. The third-order valence-electron chi connectivity index (χ3n) is 3.97. The number of nitrogen functional groups attached to an aromatic ring is 1. The summed E-state index contributed by atoms with van der Waals surface area (Å²) in [4.78, 5) is 4.10. The van der Waals surface area contributed by atoms with Crippen molar-refractivity contribution in [3.05, 3.63) is 47.8 Å². The molecule has 0 amide bonds. The third-order valence-corrected chi connectivity index (χ3v) is 3.97. The van der Waals surface area contributed by atoms with E-state index in [1.807, 2.05) is 35.0 Å². The van der Waals surface area contributed by atoms with E-state index in [2.05, 4.69) is 44.6 Å². The summed E-state index contributed by atoms with van der Waals surface area (Å²) >= 11 is 0. The first-order chi connectivity index (χ1) is 12.6. The highest BCUT2D eigenvalue weighted by molar-refractivity contribution is 5.78. The smallest absolute Gasteiger partial charge is 0.207 e. The van der Waals surface area contributed by atoms with Crippen LogP contribution in [0.25, 0.3) is 16.9 Å². The minimum absolute atomic E-state index is 0.221. The Morgan fingerprint density at radius 1 is 1.19 bits per heavy atom. The van der Waals surface area contributed by atoms with Gasteiger partial charge in [0, 0.05) is 6.07 Å². The predicted molar refractivity (Wildman–Crippen MR) is 95.9 cm³/mol. The Bertz CT molecular complexity index is 1040. The second kappa shape index (κ2) is 6.43. The highest BCUT2D eigenvalue weighted by Gasteiger charge is 2.19. The van der Waals surface area contributed by atoms with E-state index >= 15 is 0 Å². The molecule has 0 radical (unpaired) electrons. The Balaban J connectivity index is 1.66. The van der Waals surface area contributed by atoms with Crippen molar-refractivity contribution >= 4 is 17.0 Å². The van der Waals surface area contributed by atoms with E-state index in [1.165, 1.54) is 0 Å². The monoisotopic (exact) mass is 350 g/mol. The first-order valence-electron chi connectivity index (χ1n) is 8.23. The number of aromatic amines is 1. The number of rotatable bonds is 5. The number of benzene rings is 1. The van der Waals surface area contributed by atoms with Crippen molar-refractivity contribution in [1.29, 1.82) is 0 Å². The highest BCUT2D eigenvalue weighted by Crippen LogP contribution is 2.26. The fourth-order valence-corrected chi connectivity index (χ4v) is 2.84. The van der Waals surface area contributed by atoms with Crippen molar-refractivity contribution in [3.63, 3.8) is 0 Å². The van der Waals surface area contributed by atoms with Gasteiger partial charge in [0.25, 0.3) is 0 Å². The van der Waals surface area contributed by atoms with Crippen LogP contribution in [0.2, 0.25) is 0 Å². The molecule has 0 saturated heterocycles. The SMILES string of the molecule is CC(C)c1c(COc2cc(N)nc3n[nH]nc23)nnn1-c1ccccc1. The van der Waals surface area contributed by atoms with E-state index in [0.717, 1.165) is 17.1 Å². The topological polar surface area (TPSA) is 120 Å². The Morgan fingerprint density at radius 3 is 2.77 bits per heavy atom. The molecule has 4 rings (SSSR count). The van der Waals surface area contributed by atoms with Gasteiger partial charge in [-0.1, -0.05) is 37.3 Å².